The van der Waals surface area contributed by atoms with Crippen LogP contribution < -0.4 is 0 Å². The average Bonchev–Trinajstić information content (AvgIpc) is 2.69. The van der Waals surface area contributed by atoms with Gasteiger partial charge >= 0.3 is 5.97 Å². The molecule has 0 spiro atoms. The van der Waals surface area contributed by atoms with Crippen molar-refractivity contribution < 1.29 is 9.90 Å². The molecule has 2 unspecified atom stereocenters. The second-order valence-corrected chi connectivity index (χ2v) is 5.94. The molecule has 1 aliphatic rings. The minimum absolute atomic E-state index is 0.0182. The van der Waals surface area contributed by atoms with E-state index in [0.29, 0.717) is 5.92 Å². The monoisotopic (exact) mass is 265 g/mol. The van der Waals surface area contributed by atoms with Crippen molar-refractivity contribution in [1.29, 1.82) is 0 Å². The molecule has 0 amide bonds. The summed E-state index contributed by atoms with van der Waals surface area (Å²) in [5.74, 6) is 1.22. The van der Waals surface area contributed by atoms with Gasteiger partial charge in [-0.2, -0.15) is 5.10 Å². The molecule has 19 heavy (non-hydrogen) atoms. The number of rotatable bonds is 4. The Hall–Kier alpha value is -1.39. The zero-order valence-electron chi connectivity index (χ0n) is 12.0. The normalized spacial score (nSPS) is 23.8. The van der Waals surface area contributed by atoms with Crippen LogP contribution in [0.4, 0.5) is 0 Å². The number of aliphatic carboxylic acids is 1. The lowest BCUT2D eigenvalue weighted by molar-refractivity contribution is -0.143. The van der Waals surface area contributed by atoms with E-state index in [1.807, 2.05) is 7.05 Å². The predicted octanol–water partition coefficient (Wildman–Crippen LogP) is 2.37. The number of carboxylic acid groups (broad SMARTS) is 1. The molecule has 5 nitrogen and oxygen atoms in total. The molecule has 1 aliphatic carbocycles. The van der Waals surface area contributed by atoms with Crippen molar-refractivity contribution in [3.63, 3.8) is 0 Å². The molecule has 106 valence electrons. The number of aromatic nitrogens is 3. The molecule has 0 radical (unpaired) electrons. The average molecular weight is 265 g/mol. The van der Waals surface area contributed by atoms with Crippen molar-refractivity contribution in [2.75, 3.05) is 0 Å². The molecule has 1 heterocycles. The zero-order chi connectivity index (χ0) is 14.0. The van der Waals surface area contributed by atoms with E-state index in [1.54, 1.807) is 4.68 Å². The summed E-state index contributed by atoms with van der Waals surface area (Å²) >= 11 is 0. The maximum atomic E-state index is 11.4. The van der Waals surface area contributed by atoms with Gasteiger partial charge in [-0.1, -0.05) is 26.7 Å². The molecule has 0 aliphatic heterocycles. The van der Waals surface area contributed by atoms with E-state index < -0.39 is 5.97 Å². The first kappa shape index (κ1) is 14.0. The lowest BCUT2D eigenvalue weighted by Crippen LogP contribution is -2.27. The Morgan fingerprint density at radius 3 is 2.74 bits per heavy atom. The van der Waals surface area contributed by atoms with Gasteiger partial charge in [0.1, 0.15) is 5.82 Å². The molecule has 2 atom stereocenters. The SMILES string of the molecule is CC(C)Cc1nc(C2CCCCC2C(=O)O)n(C)n1. The summed E-state index contributed by atoms with van der Waals surface area (Å²) in [6.07, 6.45) is 4.60. The lowest BCUT2D eigenvalue weighted by atomic mass is 9.79. The van der Waals surface area contributed by atoms with Crippen molar-refractivity contribution >= 4 is 5.97 Å². The lowest BCUT2D eigenvalue weighted by Gasteiger charge is -2.27. The number of carboxylic acids is 1. The number of aryl methyl sites for hydroxylation is 1. The van der Waals surface area contributed by atoms with Gasteiger partial charge in [0.15, 0.2) is 5.82 Å². The summed E-state index contributed by atoms with van der Waals surface area (Å²) in [5, 5.41) is 13.8. The van der Waals surface area contributed by atoms with Gasteiger partial charge in [0, 0.05) is 19.4 Å². The van der Waals surface area contributed by atoms with Gasteiger partial charge in [-0.15, -0.1) is 0 Å². The summed E-state index contributed by atoms with van der Waals surface area (Å²) < 4.78 is 1.78. The Labute approximate surface area is 114 Å². The molecule has 1 aromatic heterocycles. The van der Waals surface area contributed by atoms with Gasteiger partial charge in [-0.25, -0.2) is 4.98 Å². The molecule has 0 aromatic carbocycles. The molecule has 2 rings (SSSR count). The number of nitrogens with zero attached hydrogens (tertiary/aromatic N) is 3. The third kappa shape index (κ3) is 3.14. The molecule has 5 heteroatoms. The minimum atomic E-state index is -0.696. The van der Waals surface area contributed by atoms with E-state index in [2.05, 4.69) is 23.9 Å². The topological polar surface area (TPSA) is 68.0 Å². The molecule has 1 aromatic rings. The van der Waals surface area contributed by atoms with E-state index in [1.165, 1.54) is 0 Å². The van der Waals surface area contributed by atoms with Crippen LogP contribution in [-0.2, 0) is 18.3 Å². The third-order valence-corrected chi connectivity index (χ3v) is 3.85. The maximum Gasteiger partial charge on any atom is 0.307 e. The highest BCUT2D eigenvalue weighted by Gasteiger charge is 2.34. The Morgan fingerprint density at radius 2 is 2.11 bits per heavy atom. The van der Waals surface area contributed by atoms with E-state index in [9.17, 15) is 9.90 Å². The van der Waals surface area contributed by atoms with Crippen LogP contribution in [0.1, 0.15) is 57.1 Å². The first-order valence-corrected chi connectivity index (χ1v) is 7.11. The van der Waals surface area contributed by atoms with E-state index in [4.69, 9.17) is 0 Å². The first-order chi connectivity index (χ1) is 8.99. The van der Waals surface area contributed by atoms with Crippen LogP contribution in [0.15, 0.2) is 0 Å². The molecule has 1 N–H and O–H groups in total. The van der Waals surface area contributed by atoms with Crippen molar-refractivity contribution in [1.82, 2.24) is 14.8 Å². The van der Waals surface area contributed by atoms with Crippen LogP contribution in [0, 0.1) is 11.8 Å². The zero-order valence-corrected chi connectivity index (χ0v) is 12.0. The van der Waals surface area contributed by atoms with Crippen LogP contribution in [-0.4, -0.2) is 25.8 Å². The third-order valence-electron chi connectivity index (χ3n) is 3.85. The quantitative estimate of drug-likeness (QED) is 0.907. The largest absolute Gasteiger partial charge is 0.481 e. The Morgan fingerprint density at radius 1 is 1.42 bits per heavy atom. The Kier molecular flexibility index (Phi) is 4.22. The predicted molar refractivity (Wildman–Crippen MR) is 71.9 cm³/mol. The molecule has 1 saturated carbocycles. The van der Waals surface area contributed by atoms with Crippen LogP contribution >= 0.6 is 0 Å². The van der Waals surface area contributed by atoms with E-state index in [0.717, 1.165) is 43.8 Å². The second kappa shape index (κ2) is 5.72. The summed E-state index contributed by atoms with van der Waals surface area (Å²) in [5.41, 5.74) is 0. The van der Waals surface area contributed by atoms with Gasteiger partial charge in [0.05, 0.1) is 5.92 Å². The van der Waals surface area contributed by atoms with Crippen LogP contribution in [0.25, 0.3) is 0 Å². The van der Waals surface area contributed by atoms with E-state index in [-0.39, 0.29) is 11.8 Å². The Bertz CT molecular complexity index is 454. The van der Waals surface area contributed by atoms with Crippen LogP contribution in [0.3, 0.4) is 0 Å². The Balaban J connectivity index is 2.23. The second-order valence-electron chi connectivity index (χ2n) is 5.94. The standard InChI is InChI=1S/C14H23N3O2/c1-9(2)8-12-15-13(17(3)16-12)10-6-4-5-7-11(10)14(18)19/h9-11H,4-8H2,1-3H3,(H,18,19). The van der Waals surface area contributed by atoms with Gasteiger partial charge in [-0.3, -0.25) is 9.48 Å². The molecular formula is C14H23N3O2. The minimum Gasteiger partial charge on any atom is -0.481 e. The fraction of sp³-hybridized carbons (Fsp3) is 0.786. The van der Waals surface area contributed by atoms with Gasteiger partial charge < -0.3 is 5.11 Å². The smallest absolute Gasteiger partial charge is 0.307 e. The fourth-order valence-electron chi connectivity index (χ4n) is 2.96. The first-order valence-electron chi connectivity index (χ1n) is 7.11. The summed E-state index contributed by atoms with van der Waals surface area (Å²) in [7, 11) is 1.87. The number of hydrogen-bond acceptors (Lipinski definition) is 3. The number of hydrogen-bond donors (Lipinski definition) is 1. The van der Waals surface area contributed by atoms with Crippen molar-refractivity contribution in [3.05, 3.63) is 11.6 Å². The highest BCUT2D eigenvalue weighted by atomic mass is 16.4. The van der Waals surface area contributed by atoms with Crippen molar-refractivity contribution in [3.8, 4) is 0 Å². The number of carbonyl (C=O) groups is 1. The molecular weight excluding hydrogens is 242 g/mol. The maximum absolute atomic E-state index is 11.4. The van der Waals surface area contributed by atoms with Crippen LogP contribution in [0.2, 0.25) is 0 Å². The van der Waals surface area contributed by atoms with Crippen molar-refractivity contribution in [2.45, 2.75) is 51.9 Å². The summed E-state index contributed by atoms with van der Waals surface area (Å²) in [4.78, 5) is 16.0. The van der Waals surface area contributed by atoms with Crippen molar-refractivity contribution in [2.24, 2.45) is 18.9 Å². The van der Waals surface area contributed by atoms with E-state index >= 15 is 0 Å². The van der Waals surface area contributed by atoms with Gasteiger partial charge in [0.2, 0.25) is 0 Å². The highest BCUT2D eigenvalue weighted by molar-refractivity contribution is 5.71. The molecule has 1 fully saturated rings. The summed E-state index contributed by atoms with van der Waals surface area (Å²) in [6, 6.07) is 0. The molecule has 0 bridgehead atoms. The molecule has 0 saturated heterocycles. The van der Waals surface area contributed by atoms with Crippen LogP contribution in [0.5, 0.6) is 0 Å². The highest BCUT2D eigenvalue weighted by Crippen LogP contribution is 2.37. The fourth-order valence-corrected chi connectivity index (χ4v) is 2.96. The van der Waals surface area contributed by atoms with Gasteiger partial charge in [0.25, 0.3) is 0 Å². The van der Waals surface area contributed by atoms with Gasteiger partial charge in [-0.05, 0) is 18.8 Å². The summed E-state index contributed by atoms with van der Waals surface area (Å²) in [6.45, 7) is 4.27.